The summed E-state index contributed by atoms with van der Waals surface area (Å²) in [7, 11) is 0. The standard InChI is InChI=1S/C17H18ClFN2O/c1-2-16(12-6-4-3-5-7-12)20-11-17(22)21-13-8-9-15(19)14(18)10-13/h3-10,16,20H,2,11H2,1H3,(H,21,22). The molecule has 0 fully saturated rings. The number of halogens is 2. The van der Waals surface area contributed by atoms with Gasteiger partial charge in [0.25, 0.3) is 0 Å². The fraction of sp³-hybridized carbons (Fsp3) is 0.235. The highest BCUT2D eigenvalue weighted by Gasteiger charge is 2.11. The number of hydrogen-bond donors (Lipinski definition) is 2. The topological polar surface area (TPSA) is 41.1 Å². The predicted molar refractivity (Wildman–Crippen MR) is 87.5 cm³/mol. The highest BCUT2D eigenvalue weighted by molar-refractivity contribution is 6.31. The van der Waals surface area contributed by atoms with Crippen molar-refractivity contribution in [3.05, 3.63) is 64.9 Å². The van der Waals surface area contributed by atoms with Gasteiger partial charge in [0.15, 0.2) is 0 Å². The zero-order chi connectivity index (χ0) is 15.9. The van der Waals surface area contributed by atoms with Gasteiger partial charge in [0.2, 0.25) is 5.91 Å². The van der Waals surface area contributed by atoms with Crippen LogP contribution < -0.4 is 10.6 Å². The third-order valence-electron chi connectivity index (χ3n) is 3.32. The molecule has 1 unspecified atom stereocenters. The maximum absolute atomic E-state index is 13.1. The van der Waals surface area contributed by atoms with Gasteiger partial charge in [-0.15, -0.1) is 0 Å². The molecule has 5 heteroatoms. The largest absolute Gasteiger partial charge is 0.325 e. The Balaban J connectivity index is 1.90. The van der Waals surface area contributed by atoms with E-state index in [0.29, 0.717) is 5.69 Å². The van der Waals surface area contributed by atoms with Crippen molar-refractivity contribution in [2.75, 3.05) is 11.9 Å². The van der Waals surface area contributed by atoms with Crippen LogP contribution in [0.15, 0.2) is 48.5 Å². The lowest BCUT2D eigenvalue weighted by Gasteiger charge is -2.17. The Labute approximate surface area is 134 Å². The average molecular weight is 321 g/mol. The van der Waals surface area contributed by atoms with E-state index in [0.717, 1.165) is 12.0 Å². The third-order valence-corrected chi connectivity index (χ3v) is 3.61. The SMILES string of the molecule is CCC(NCC(=O)Nc1ccc(F)c(Cl)c1)c1ccccc1. The van der Waals surface area contributed by atoms with Gasteiger partial charge < -0.3 is 10.6 Å². The molecule has 2 N–H and O–H groups in total. The van der Waals surface area contributed by atoms with Crippen LogP contribution >= 0.6 is 11.6 Å². The summed E-state index contributed by atoms with van der Waals surface area (Å²) >= 11 is 5.69. The minimum atomic E-state index is -0.507. The van der Waals surface area contributed by atoms with Gasteiger partial charge in [-0.05, 0) is 30.2 Å². The van der Waals surface area contributed by atoms with Crippen LogP contribution in [0.25, 0.3) is 0 Å². The monoisotopic (exact) mass is 320 g/mol. The number of carbonyl (C=O) groups is 1. The van der Waals surface area contributed by atoms with Gasteiger partial charge in [0.1, 0.15) is 5.82 Å². The highest BCUT2D eigenvalue weighted by Crippen LogP contribution is 2.19. The lowest BCUT2D eigenvalue weighted by atomic mass is 10.0. The molecule has 0 bridgehead atoms. The van der Waals surface area contributed by atoms with Crippen LogP contribution in [-0.4, -0.2) is 12.5 Å². The number of benzene rings is 2. The molecule has 1 atom stereocenters. The number of anilines is 1. The van der Waals surface area contributed by atoms with E-state index in [-0.39, 0.29) is 23.5 Å². The van der Waals surface area contributed by atoms with E-state index < -0.39 is 5.82 Å². The predicted octanol–water partition coefficient (Wildman–Crippen LogP) is 4.16. The zero-order valence-electron chi connectivity index (χ0n) is 12.3. The second kappa shape index (κ2) is 7.92. The van der Waals surface area contributed by atoms with E-state index in [4.69, 9.17) is 11.6 Å². The lowest BCUT2D eigenvalue weighted by Crippen LogP contribution is -2.31. The van der Waals surface area contributed by atoms with Crippen molar-refractivity contribution in [2.24, 2.45) is 0 Å². The molecule has 0 saturated heterocycles. The number of hydrogen-bond acceptors (Lipinski definition) is 2. The van der Waals surface area contributed by atoms with Crippen molar-refractivity contribution in [3.63, 3.8) is 0 Å². The lowest BCUT2D eigenvalue weighted by molar-refractivity contribution is -0.115. The van der Waals surface area contributed by atoms with E-state index in [1.807, 2.05) is 30.3 Å². The molecule has 0 saturated carbocycles. The van der Waals surface area contributed by atoms with Crippen LogP contribution in [0.5, 0.6) is 0 Å². The Hall–Kier alpha value is -1.91. The van der Waals surface area contributed by atoms with Crippen LogP contribution in [0.1, 0.15) is 24.9 Å². The summed E-state index contributed by atoms with van der Waals surface area (Å²) in [4.78, 5) is 11.9. The smallest absolute Gasteiger partial charge is 0.238 e. The molecule has 0 aliphatic rings. The Kier molecular flexibility index (Phi) is 5.92. The molecule has 0 spiro atoms. The van der Waals surface area contributed by atoms with Crippen molar-refractivity contribution in [1.82, 2.24) is 5.32 Å². The fourth-order valence-electron chi connectivity index (χ4n) is 2.18. The molecule has 0 aliphatic carbocycles. The first-order valence-corrected chi connectivity index (χ1v) is 7.51. The van der Waals surface area contributed by atoms with Crippen LogP contribution in [0.4, 0.5) is 10.1 Å². The van der Waals surface area contributed by atoms with Crippen LogP contribution in [0.3, 0.4) is 0 Å². The van der Waals surface area contributed by atoms with Crippen molar-refractivity contribution in [3.8, 4) is 0 Å². The van der Waals surface area contributed by atoms with E-state index in [1.54, 1.807) is 0 Å². The summed E-state index contributed by atoms with van der Waals surface area (Å²) in [5.74, 6) is -0.704. The first kappa shape index (κ1) is 16.5. The third kappa shape index (κ3) is 4.55. The molecule has 2 aromatic carbocycles. The summed E-state index contributed by atoms with van der Waals surface area (Å²) in [5, 5.41) is 5.89. The molecule has 0 radical (unpaired) electrons. The summed E-state index contributed by atoms with van der Waals surface area (Å²) in [6.07, 6.45) is 0.875. The molecule has 1 amide bonds. The van der Waals surface area contributed by atoms with Gasteiger partial charge in [-0.1, -0.05) is 48.9 Å². The Morgan fingerprint density at radius 3 is 2.59 bits per heavy atom. The average Bonchev–Trinajstić information content (AvgIpc) is 2.52. The number of nitrogens with one attached hydrogen (secondary N) is 2. The van der Waals surface area contributed by atoms with Crippen molar-refractivity contribution < 1.29 is 9.18 Å². The van der Waals surface area contributed by atoms with Gasteiger partial charge in [-0.2, -0.15) is 0 Å². The van der Waals surface area contributed by atoms with Crippen LogP contribution in [0.2, 0.25) is 5.02 Å². The number of amides is 1. The molecular weight excluding hydrogens is 303 g/mol. The molecule has 22 heavy (non-hydrogen) atoms. The Morgan fingerprint density at radius 1 is 1.23 bits per heavy atom. The first-order valence-electron chi connectivity index (χ1n) is 7.13. The fourth-order valence-corrected chi connectivity index (χ4v) is 2.36. The van der Waals surface area contributed by atoms with E-state index in [1.165, 1.54) is 18.2 Å². The first-order chi connectivity index (χ1) is 10.6. The molecule has 2 aromatic rings. The van der Waals surface area contributed by atoms with Gasteiger partial charge >= 0.3 is 0 Å². The molecule has 0 heterocycles. The van der Waals surface area contributed by atoms with Crippen LogP contribution in [0, 0.1) is 5.82 Å². The van der Waals surface area contributed by atoms with E-state index in [9.17, 15) is 9.18 Å². The summed E-state index contributed by atoms with van der Waals surface area (Å²) in [6, 6.07) is 14.2. The van der Waals surface area contributed by atoms with E-state index >= 15 is 0 Å². The van der Waals surface area contributed by atoms with Crippen molar-refractivity contribution in [1.29, 1.82) is 0 Å². The number of rotatable bonds is 6. The van der Waals surface area contributed by atoms with Gasteiger partial charge in [-0.3, -0.25) is 4.79 Å². The number of carbonyl (C=O) groups excluding carboxylic acids is 1. The highest BCUT2D eigenvalue weighted by atomic mass is 35.5. The normalized spacial score (nSPS) is 12.0. The molecule has 0 aliphatic heterocycles. The van der Waals surface area contributed by atoms with Gasteiger partial charge in [0, 0.05) is 11.7 Å². The molecule has 2 rings (SSSR count). The van der Waals surface area contributed by atoms with Crippen molar-refractivity contribution in [2.45, 2.75) is 19.4 Å². The minimum absolute atomic E-state index is 0.0125. The molecule has 116 valence electrons. The Bertz CT molecular complexity index is 634. The second-order valence-electron chi connectivity index (χ2n) is 4.93. The maximum Gasteiger partial charge on any atom is 0.238 e. The quantitative estimate of drug-likeness (QED) is 0.839. The minimum Gasteiger partial charge on any atom is -0.325 e. The van der Waals surface area contributed by atoms with Gasteiger partial charge in [-0.25, -0.2) is 4.39 Å². The molecular formula is C17H18ClFN2O. The molecule has 0 aromatic heterocycles. The zero-order valence-corrected chi connectivity index (χ0v) is 13.0. The van der Waals surface area contributed by atoms with Crippen LogP contribution in [-0.2, 0) is 4.79 Å². The summed E-state index contributed by atoms with van der Waals surface area (Å²) in [5.41, 5.74) is 1.62. The second-order valence-corrected chi connectivity index (χ2v) is 5.34. The summed E-state index contributed by atoms with van der Waals surface area (Å²) in [6.45, 7) is 2.23. The van der Waals surface area contributed by atoms with Crippen molar-refractivity contribution >= 4 is 23.2 Å². The maximum atomic E-state index is 13.1. The Morgan fingerprint density at radius 2 is 1.95 bits per heavy atom. The van der Waals surface area contributed by atoms with E-state index in [2.05, 4.69) is 17.6 Å². The summed E-state index contributed by atoms with van der Waals surface area (Å²) < 4.78 is 13.1. The van der Waals surface area contributed by atoms with Gasteiger partial charge in [0.05, 0.1) is 11.6 Å². The molecule has 3 nitrogen and oxygen atoms in total.